The molecule has 2 aromatic rings. The van der Waals surface area contributed by atoms with E-state index in [1.54, 1.807) is 31.4 Å². The van der Waals surface area contributed by atoms with Crippen molar-refractivity contribution in [3.05, 3.63) is 50.1 Å². The van der Waals surface area contributed by atoms with Crippen LogP contribution in [-0.4, -0.2) is 17.5 Å². The molecule has 4 nitrogen and oxygen atoms in total. The van der Waals surface area contributed by atoms with Gasteiger partial charge in [-0.05, 0) is 38.1 Å². The summed E-state index contributed by atoms with van der Waals surface area (Å²) in [6.45, 7) is 3.83. The standard InChI is InChI=1S/C14H15NO3S/c1-9-10(2)19-14(17)15(9)8-13(16)11-4-6-12(18-3)7-5-11/h4-7H,8H2,1-3H3. The number of carbonyl (C=O) groups excluding carboxylic acids is 1. The summed E-state index contributed by atoms with van der Waals surface area (Å²) in [5.74, 6) is 0.627. The predicted octanol–water partition coefficient (Wildman–Crippen LogP) is 2.42. The van der Waals surface area contributed by atoms with E-state index >= 15 is 0 Å². The lowest BCUT2D eigenvalue weighted by Gasteiger charge is -2.05. The first kappa shape index (κ1) is 13.5. The summed E-state index contributed by atoms with van der Waals surface area (Å²) in [5, 5.41) is 0. The maximum atomic E-state index is 12.1. The molecular formula is C14H15NO3S. The van der Waals surface area contributed by atoms with E-state index in [0.29, 0.717) is 11.3 Å². The third-order valence-corrected chi connectivity index (χ3v) is 4.09. The van der Waals surface area contributed by atoms with Crippen LogP contribution in [0.1, 0.15) is 20.9 Å². The molecule has 0 spiro atoms. The molecule has 1 aromatic carbocycles. The van der Waals surface area contributed by atoms with Crippen LogP contribution in [-0.2, 0) is 6.54 Å². The van der Waals surface area contributed by atoms with Crippen LogP contribution in [0.3, 0.4) is 0 Å². The number of aryl methyl sites for hydroxylation is 1. The molecule has 1 heterocycles. The van der Waals surface area contributed by atoms with Gasteiger partial charge in [-0.1, -0.05) is 11.3 Å². The Balaban J connectivity index is 2.23. The minimum Gasteiger partial charge on any atom is -0.497 e. The van der Waals surface area contributed by atoms with Crippen molar-refractivity contribution in [2.24, 2.45) is 0 Å². The van der Waals surface area contributed by atoms with Gasteiger partial charge in [0.05, 0.1) is 13.7 Å². The Hall–Kier alpha value is -1.88. The number of nitrogens with zero attached hydrogens (tertiary/aromatic N) is 1. The summed E-state index contributed by atoms with van der Waals surface area (Å²) in [5.41, 5.74) is 1.44. The second kappa shape index (κ2) is 5.40. The first-order valence-electron chi connectivity index (χ1n) is 5.87. The predicted molar refractivity (Wildman–Crippen MR) is 75.4 cm³/mol. The Morgan fingerprint density at radius 2 is 1.89 bits per heavy atom. The molecule has 0 aliphatic carbocycles. The molecule has 0 fully saturated rings. The highest BCUT2D eigenvalue weighted by Gasteiger charge is 2.12. The molecule has 0 amide bonds. The zero-order chi connectivity index (χ0) is 14.0. The van der Waals surface area contributed by atoms with Crippen molar-refractivity contribution in [1.29, 1.82) is 0 Å². The van der Waals surface area contributed by atoms with E-state index in [0.717, 1.165) is 10.6 Å². The normalized spacial score (nSPS) is 10.5. The highest BCUT2D eigenvalue weighted by atomic mass is 32.1. The Morgan fingerprint density at radius 3 is 2.37 bits per heavy atom. The minimum atomic E-state index is -0.0862. The van der Waals surface area contributed by atoms with E-state index in [1.807, 2.05) is 13.8 Å². The largest absolute Gasteiger partial charge is 0.497 e. The van der Waals surface area contributed by atoms with Gasteiger partial charge in [-0.15, -0.1) is 0 Å². The van der Waals surface area contributed by atoms with E-state index in [-0.39, 0.29) is 17.2 Å². The lowest BCUT2D eigenvalue weighted by molar-refractivity contribution is 0.0970. The third-order valence-electron chi connectivity index (χ3n) is 3.09. The second-order valence-corrected chi connectivity index (χ2v) is 5.41. The zero-order valence-corrected chi connectivity index (χ0v) is 11.9. The summed E-state index contributed by atoms with van der Waals surface area (Å²) in [4.78, 5) is 24.7. The van der Waals surface area contributed by atoms with E-state index in [9.17, 15) is 9.59 Å². The molecule has 0 radical (unpaired) electrons. The van der Waals surface area contributed by atoms with Crippen LogP contribution in [0.25, 0.3) is 0 Å². The van der Waals surface area contributed by atoms with Gasteiger partial charge < -0.3 is 4.74 Å². The highest BCUT2D eigenvalue weighted by Crippen LogP contribution is 2.14. The number of thiazole rings is 1. The van der Waals surface area contributed by atoms with E-state index in [4.69, 9.17) is 4.74 Å². The maximum Gasteiger partial charge on any atom is 0.307 e. The van der Waals surface area contributed by atoms with Crippen LogP contribution in [0.5, 0.6) is 5.75 Å². The lowest BCUT2D eigenvalue weighted by Crippen LogP contribution is -2.20. The van der Waals surface area contributed by atoms with Crippen LogP contribution in [0.4, 0.5) is 0 Å². The van der Waals surface area contributed by atoms with Crippen molar-refractivity contribution in [2.75, 3.05) is 7.11 Å². The average Bonchev–Trinajstić information content (AvgIpc) is 2.65. The van der Waals surface area contributed by atoms with Crippen molar-refractivity contribution in [3.63, 3.8) is 0 Å². The van der Waals surface area contributed by atoms with Gasteiger partial charge in [-0.25, -0.2) is 0 Å². The van der Waals surface area contributed by atoms with Crippen molar-refractivity contribution in [1.82, 2.24) is 4.57 Å². The first-order valence-corrected chi connectivity index (χ1v) is 6.68. The van der Waals surface area contributed by atoms with Gasteiger partial charge >= 0.3 is 4.87 Å². The molecule has 5 heteroatoms. The van der Waals surface area contributed by atoms with Gasteiger partial charge in [0, 0.05) is 16.1 Å². The molecule has 1 aromatic heterocycles. The fraction of sp³-hybridized carbons (Fsp3) is 0.286. The number of aromatic nitrogens is 1. The van der Waals surface area contributed by atoms with Crippen LogP contribution in [0.15, 0.2) is 29.1 Å². The zero-order valence-electron chi connectivity index (χ0n) is 11.1. The lowest BCUT2D eigenvalue weighted by atomic mass is 10.1. The molecule has 0 aliphatic heterocycles. The Kier molecular flexibility index (Phi) is 3.85. The van der Waals surface area contributed by atoms with Crippen LogP contribution < -0.4 is 9.61 Å². The molecule has 0 saturated heterocycles. The number of rotatable bonds is 4. The molecule has 0 unspecified atom stereocenters. The van der Waals surface area contributed by atoms with Gasteiger partial charge in [0.15, 0.2) is 5.78 Å². The van der Waals surface area contributed by atoms with Crippen molar-refractivity contribution in [2.45, 2.75) is 20.4 Å². The Morgan fingerprint density at radius 1 is 1.26 bits per heavy atom. The van der Waals surface area contributed by atoms with E-state index in [2.05, 4.69) is 0 Å². The monoisotopic (exact) mass is 277 g/mol. The molecule has 0 atom stereocenters. The average molecular weight is 277 g/mol. The number of Topliss-reactive ketones (excluding diaryl/α,β-unsaturated/α-hetero) is 1. The summed E-state index contributed by atoms with van der Waals surface area (Å²) in [6, 6.07) is 6.89. The smallest absolute Gasteiger partial charge is 0.307 e. The summed E-state index contributed by atoms with van der Waals surface area (Å²) >= 11 is 1.17. The second-order valence-electron chi connectivity index (χ2n) is 4.25. The number of hydrogen-bond donors (Lipinski definition) is 0. The topological polar surface area (TPSA) is 48.3 Å². The van der Waals surface area contributed by atoms with E-state index in [1.165, 1.54) is 15.9 Å². The van der Waals surface area contributed by atoms with Gasteiger partial charge in [0.2, 0.25) is 0 Å². The molecule has 0 bridgehead atoms. The van der Waals surface area contributed by atoms with E-state index < -0.39 is 0 Å². The molecule has 2 rings (SSSR count). The quantitative estimate of drug-likeness (QED) is 0.806. The summed E-state index contributed by atoms with van der Waals surface area (Å²) in [6.07, 6.45) is 0. The highest BCUT2D eigenvalue weighted by molar-refractivity contribution is 7.09. The Labute approximate surface area is 115 Å². The number of methoxy groups -OCH3 is 1. The van der Waals surface area contributed by atoms with Crippen LogP contribution >= 0.6 is 11.3 Å². The maximum absolute atomic E-state index is 12.1. The van der Waals surface area contributed by atoms with Gasteiger partial charge in [-0.3, -0.25) is 14.2 Å². The Bertz CT molecular complexity index is 652. The first-order chi connectivity index (χ1) is 9.02. The van der Waals surface area contributed by atoms with Crippen LogP contribution in [0, 0.1) is 13.8 Å². The number of ketones is 1. The van der Waals surface area contributed by atoms with Gasteiger partial charge in [0.1, 0.15) is 5.75 Å². The SMILES string of the molecule is COc1ccc(C(=O)Cn2c(C)c(C)sc2=O)cc1. The molecule has 19 heavy (non-hydrogen) atoms. The van der Waals surface area contributed by atoms with Crippen LogP contribution in [0.2, 0.25) is 0 Å². The molecular weight excluding hydrogens is 262 g/mol. The van der Waals surface area contributed by atoms with Gasteiger partial charge in [-0.2, -0.15) is 0 Å². The summed E-state index contributed by atoms with van der Waals surface area (Å²) in [7, 11) is 1.58. The fourth-order valence-corrected chi connectivity index (χ4v) is 2.61. The number of carbonyl (C=O) groups is 1. The third kappa shape index (κ3) is 2.76. The summed E-state index contributed by atoms with van der Waals surface area (Å²) < 4.78 is 6.56. The number of hydrogen-bond acceptors (Lipinski definition) is 4. The molecule has 0 N–H and O–H groups in total. The van der Waals surface area contributed by atoms with Crippen molar-refractivity contribution < 1.29 is 9.53 Å². The number of ether oxygens (including phenoxy) is 1. The molecule has 0 aliphatic rings. The fourth-order valence-electron chi connectivity index (χ4n) is 1.78. The minimum absolute atomic E-state index is 0.0781. The van der Waals surface area contributed by atoms with Crippen molar-refractivity contribution in [3.8, 4) is 5.75 Å². The van der Waals surface area contributed by atoms with Gasteiger partial charge in [0.25, 0.3) is 0 Å². The molecule has 100 valence electrons. The molecule has 0 saturated carbocycles. The van der Waals surface area contributed by atoms with Crippen molar-refractivity contribution >= 4 is 17.1 Å². The number of benzene rings is 1.